The van der Waals surface area contributed by atoms with Gasteiger partial charge in [0.2, 0.25) is 5.88 Å². The zero-order valence-electron chi connectivity index (χ0n) is 17.5. The average Bonchev–Trinajstić information content (AvgIpc) is 3.18. The Bertz CT molecular complexity index is 1100. The number of methoxy groups -OCH3 is 1. The zero-order valence-corrected chi connectivity index (χ0v) is 17.5. The third-order valence-corrected chi connectivity index (χ3v) is 5.55. The second kappa shape index (κ2) is 8.65. The number of amides is 2. The smallest absolute Gasteiger partial charge is 0.416 e. The summed E-state index contributed by atoms with van der Waals surface area (Å²) >= 11 is 0. The summed E-state index contributed by atoms with van der Waals surface area (Å²) in [5, 5.41) is 5.69. The first kappa shape index (κ1) is 21.9. The van der Waals surface area contributed by atoms with Crippen molar-refractivity contribution >= 4 is 22.8 Å². The number of piperidine rings is 1. The lowest BCUT2D eigenvalue weighted by Gasteiger charge is -2.36. The third-order valence-electron chi connectivity index (χ3n) is 5.55. The molecule has 1 aliphatic rings. The Balaban J connectivity index is 1.44. The summed E-state index contributed by atoms with van der Waals surface area (Å²) < 4.78 is 44.0. The number of anilines is 1. The number of nitrogens with one attached hydrogen (secondary N) is 3. The number of hydrogen-bond donors (Lipinski definition) is 3. The van der Waals surface area contributed by atoms with Crippen molar-refractivity contribution in [3.8, 4) is 5.88 Å². The van der Waals surface area contributed by atoms with E-state index >= 15 is 0 Å². The van der Waals surface area contributed by atoms with Gasteiger partial charge in [0.1, 0.15) is 5.82 Å². The molecule has 0 radical (unpaired) electrons. The van der Waals surface area contributed by atoms with Crippen LogP contribution in [-0.2, 0) is 6.18 Å². The van der Waals surface area contributed by atoms with Gasteiger partial charge in [-0.15, -0.1) is 0 Å². The van der Waals surface area contributed by atoms with Crippen LogP contribution in [-0.4, -0.2) is 52.6 Å². The molecule has 1 aromatic carbocycles. The number of rotatable bonds is 4. The fourth-order valence-electron chi connectivity index (χ4n) is 3.83. The van der Waals surface area contributed by atoms with E-state index in [-0.39, 0.29) is 18.1 Å². The molecular formula is C21H23F3N6O2. The van der Waals surface area contributed by atoms with Gasteiger partial charge in [0.15, 0.2) is 0 Å². The first-order chi connectivity index (χ1) is 15.2. The second-order valence-corrected chi connectivity index (χ2v) is 7.76. The van der Waals surface area contributed by atoms with Crippen molar-refractivity contribution in [3.63, 3.8) is 0 Å². The normalized spacial score (nSPS) is 19.7. The predicted molar refractivity (Wildman–Crippen MR) is 112 cm³/mol. The topological polar surface area (TPSA) is 95.2 Å². The minimum Gasteiger partial charge on any atom is -0.481 e. The third kappa shape index (κ3) is 4.77. The van der Waals surface area contributed by atoms with Gasteiger partial charge in [-0.2, -0.15) is 13.2 Å². The van der Waals surface area contributed by atoms with Gasteiger partial charge in [-0.05, 0) is 44.2 Å². The van der Waals surface area contributed by atoms with Crippen molar-refractivity contribution in [2.24, 2.45) is 0 Å². The van der Waals surface area contributed by atoms with Crippen LogP contribution in [0.4, 0.5) is 23.7 Å². The molecule has 2 aromatic heterocycles. The van der Waals surface area contributed by atoms with Gasteiger partial charge in [-0.25, -0.2) is 14.8 Å². The number of carbonyl (C=O) groups is 1. The highest BCUT2D eigenvalue weighted by atomic mass is 19.4. The lowest BCUT2D eigenvalue weighted by atomic mass is 9.97. The van der Waals surface area contributed by atoms with Gasteiger partial charge in [-0.1, -0.05) is 0 Å². The number of alkyl halides is 3. The Kier molecular flexibility index (Phi) is 5.92. The molecule has 8 nitrogen and oxygen atoms in total. The van der Waals surface area contributed by atoms with Crippen molar-refractivity contribution in [2.45, 2.75) is 31.1 Å². The minimum atomic E-state index is -4.41. The maximum atomic E-state index is 13.0. The lowest BCUT2D eigenvalue weighted by Crippen LogP contribution is -2.46. The highest BCUT2D eigenvalue weighted by Gasteiger charge is 2.32. The molecule has 0 bridgehead atoms. The van der Waals surface area contributed by atoms with Crippen molar-refractivity contribution < 1.29 is 22.7 Å². The zero-order chi connectivity index (χ0) is 22.9. The number of hydrogen-bond acceptors (Lipinski definition) is 5. The summed E-state index contributed by atoms with van der Waals surface area (Å²) in [5.74, 6) is 1.02. The van der Waals surface area contributed by atoms with E-state index in [2.05, 4.69) is 30.5 Å². The van der Waals surface area contributed by atoms with Gasteiger partial charge in [-0.3, -0.25) is 4.90 Å². The van der Waals surface area contributed by atoms with Crippen LogP contribution >= 0.6 is 0 Å². The molecule has 1 saturated heterocycles. The van der Waals surface area contributed by atoms with E-state index in [0.29, 0.717) is 41.4 Å². The van der Waals surface area contributed by atoms with Crippen molar-refractivity contribution in [1.29, 1.82) is 0 Å². The molecule has 1 aliphatic heterocycles. The van der Waals surface area contributed by atoms with Gasteiger partial charge in [0.25, 0.3) is 0 Å². The highest BCUT2D eigenvalue weighted by molar-refractivity contribution is 5.89. The molecule has 0 unspecified atom stereocenters. The molecule has 3 aromatic rings. The summed E-state index contributed by atoms with van der Waals surface area (Å²) in [5.41, 5.74) is 0.622. The number of imidazole rings is 1. The van der Waals surface area contributed by atoms with E-state index in [1.807, 2.05) is 7.05 Å². The number of urea groups is 1. The average molecular weight is 448 g/mol. The first-order valence-corrected chi connectivity index (χ1v) is 10.1. The molecule has 0 saturated carbocycles. The van der Waals surface area contributed by atoms with Crippen LogP contribution in [0.25, 0.3) is 11.0 Å². The summed E-state index contributed by atoms with van der Waals surface area (Å²) in [6.45, 7) is 0.699. The van der Waals surface area contributed by atoms with Crippen LogP contribution in [0.3, 0.4) is 0 Å². The maximum absolute atomic E-state index is 13.0. The van der Waals surface area contributed by atoms with Gasteiger partial charge >= 0.3 is 12.2 Å². The van der Waals surface area contributed by atoms with E-state index in [9.17, 15) is 18.0 Å². The molecule has 1 fully saturated rings. The molecule has 32 heavy (non-hydrogen) atoms. The van der Waals surface area contributed by atoms with Crippen LogP contribution in [0.5, 0.6) is 5.88 Å². The molecule has 2 amide bonds. The number of halogens is 3. The monoisotopic (exact) mass is 448 g/mol. The van der Waals surface area contributed by atoms with Crippen LogP contribution in [0.2, 0.25) is 0 Å². The van der Waals surface area contributed by atoms with Crippen molar-refractivity contribution in [2.75, 3.05) is 26.0 Å². The van der Waals surface area contributed by atoms with E-state index in [1.54, 1.807) is 12.1 Å². The number of fused-ring (bicyclic) bond motifs is 1. The molecule has 4 rings (SSSR count). The summed E-state index contributed by atoms with van der Waals surface area (Å²) in [6.07, 6.45) is -1.61. The van der Waals surface area contributed by atoms with Crippen molar-refractivity contribution in [3.05, 3.63) is 47.9 Å². The lowest BCUT2D eigenvalue weighted by molar-refractivity contribution is -0.137. The van der Waals surface area contributed by atoms with E-state index in [4.69, 9.17) is 4.74 Å². The van der Waals surface area contributed by atoms with Gasteiger partial charge in [0.05, 0.1) is 41.6 Å². The Morgan fingerprint density at radius 2 is 2.09 bits per heavy atom. The van der Waals surface area contributed by atoms with Crippen LogP contribution in [0.15, 0.2) is 36.5 Å². The standard InChI is InChI=1S/C21H23F3N6O2/c1-30-8-7-13(26-20(31)27-14-4-6-18(32-2)25-11-14)10-17(30)19-28-15-5-3-12(21(22,23)24)9-16(15)29-19/h3-6,9,11,13,17H,7-8,10H2,1-2H3,(H,28,29)(H2,26,27,31)/t13-,17-/m1/s1. The summed E-state index contributed by atoms with van der Waals surface area (Å²) in [6, 6.07) is 6.15. The molecule has 3 heterocycles. The Morgan fingerprint density at radius 1 is 1.28 bits per heavy atom. The minimum absolute atomic E-state index is 0.124. The number of ether oxygens (including phenoxy) is 1. The number of carbonyl (C=O) groups excluding carboxylic acids is 1. The Morgan fingerprint density at radius 3 is 2.78 bits per heavy atom. The second-order valence-electron chi connectivity index (χ2n) is 7.76. The van der Waals surface area contributed by atoms with Crippen LogP contribution < -0.4 is 15.4 Å². The van der Waals surface area contributed by atoms with Gasteiger partial charge < -0.3 is 20.4 Å². The highest BCUT2D eigenvalue weighted by Crippen LogP contribution is 2.33. The van der Waals surface area contributed by atoms with E-state index in [1.165, 1.54) is 19.4 Å². The maximum Gasteiger partial charge on any atom is 0.416 e. The fraction of sp³-hybridized carbons (Fsp3) is 0.381. The molecular weight excluding hydrogens is 425 g/mol. The van der Waals surface area contributed by atoms with Crippen LogP contribution in [0.1, 0.15) is 30.3 Å². The number of aromatic amines is 1. The number of benzene rings is 1. The van der Waals surface area contributed by atoms with E-state index in [0.717, 1.165) is 18.6 Å². The van der Waals surface area contributed by atoms with E-state index < -0.39 is 11.7 Å². The fourth-order valence-corrected chi connectivity index (χ4v) is 3.83. The number of likely N-dealkylation sites (tertiary alicyclic amines) is 1. The summed E-state index contributed by atoms with van der Waals surface area (Å²) in [7, 11) is 3.44. The molecule has 3 N–H and O–H groups in total. The molecule has 11 heteroatoms. The van der Waals surface area contributed by atoms with Crippen LogP contribution in [0, 0.1) is 0 Å². The Hall–Kier alpha value is -3.34. The van der Waals surface area contributed by atoms with Crippen molar-refractivity contribution in [1.82, 2.24) is 25.2 Å². The first-order valence-electron chi connectivity index (χ1n) is 10.1. The predicted octanol–water partition coefficient (Wildman–Crippen LogP) is 3.94. The molecule has 0 aliphatic carbocycles. The molecule has 0 spiro atoms. The quantitative estimate of drug-likeness (QED) is 0.562. The number of pyridine rings is 1. The number of aromatic nitrogens is 3. The molecule has 2 atom stereocenters. The van der Waals surface area contributed by atoms with Gasteiger partial charge in [0, 0.05) is 18.7 Å². The number of H-pyrrole nitrogens is 1. The Labute approximate surface area is 182 Å². The SMILES string of the molecule is COc1ccc(NC(=O)N[C@@H]2CCN(C)[C@@H](c3nc4ccc(C(F)(F)F)cc4[nH]3)C2)cn1. The summed E-state index contributed by atoms with van der Waals surface area (Å²) in [4.78, 5) is 26.1. The molecule has 170 valence electrons. The number of nitrogens with zero attached hydrogens (tertiary/aromatic N) is 3. The largest absolute Gasteiger partial charge is 0.481 e.